The Morgan fingerprint density at radius 2 is 2.12 bits per heavy atom. The van der Waals surface area contributed by atoms with E-state index in [1.54, 1.807) is 0 Å². The molecule has 0 aliphatic carbocycles. The summed E-state index contributed by atoms with van der Waals surface area (Å²) in [6.07, 6.45) is 2.12. The molecular weight excluding hydrogens is 234 g/mol. The lowest BCUT2D eigenvalue weighted by Gasteiger charge is -2.12. The lowest BCUT2D eigenvalue weighted by Crippen LogP contribution is -2.24. The topological polar surface area (TPSA) is 21.3 Å². The highest BCUT2D eigenvalue weighted by atomic mass is 35.5. The van der Waals surface area contributed by atoms with Gasteiger partial charge in [-0.2, -0.15) is 0 Å². The minimum Gasteiger partial charge on any atom is -0.492 e. The van der Waals surface area contributed by atoms with Gasteiger partial charge in [0.25, 0.3) is 0 Å². The summed E-state index contributed by atoms with van der Waals surface area (Å²) in [7, 11) is 0. The Balaban J connectivity index is 2.55. The van der Waals surface area contributed by atoms with Crippen LogP contribution in [0.2, 0.25) is 5.02 Å². The third kappa shape index (κ3) is 4.97. The first kappa shape index (κ1) is 14.3. The highest BCUT2D eigenvalue weighted by Gasteiger charge is 2.04. The SMILES string of the molecule is CCCOc1ccc(CN[C@H](C)CC)cc1Cl. The molecule has 0 spiro atoms. The van der Waals surface area contributed by atoms with E-state index >= 15 is 0 Å². The third-order valence-corrected chi connectivity index (χ3v) is 3.02. The summed E-state index contributed by atoms with van der Waals surface area (Å²) in [5.41, 5.74) is 1.19. The maximum Gasteiger partial charge on any atom is 0.137 e. The molecule has 0 unspecified atom stereocenters. The molecular formula is C14H22ClNO. The van der Waals surface area contributed by atoms with Gasteiger partial charge in [0.15, 0.2) is 0 Å². The Hall–Kier alpha value is -0.730. The van der Waals surface area contributed by atoms with E-state index in [0.29, 0.717) is 17.7 Å². The second-order valence-corrected chi connectivity index (χ2v) is 4.71. The van der Waals surface area contributed by atoms with Crippen molar-refractivity contribution in [3.63, 3.8) is 0 Å². The van der Waals surface area contributed by atoms with Gasteiger partial charge in [0, 0.05) is 12.6 Å². The molecule has 0 aromatic heterocycles. The van der Waals surface area contributed by atoms with Crippen LogP contribution < -0.4 is 10.1 Å². The number of nitrogens with one attached hydrogen (secondary N) is 1. The lowest BCUT2D eigenvalue weighted by molar-refractivity contribution is 0.317. The summed E-state index contributed by atoms with van der Waals surface area (Å²) in [6, 6.07) is 6.52. The lowest BCUT2D eigenvalue weighted by atomic mass is 10.2. The molecule has 96 valence electrons. The van der Waals surface area contributed by atoms with Crippen molar-refractivity contribution in [2.24, 2.45) is 0 Å². The number of rotatable bonds is 7. The molecule has 0 radical (unpaired) electrons. The van der Waals surface area contributed by atoms with E-state index in [2.05, 4.69) is 32.2 Å². The molecule has 0 heterocycles. The molecule has 1 rings (SSSR count). The van der Waals surface area contributed by atoms with Gasteiger partial charge in [-0.15, -0.1) is 0 Å². The predicted octanol–water partition coefficient (Wildman–Crippen LogP) is 4.02. The van der Waals surface area contributed by atoms with E-state index in [9.17, 15) is 0 Å². The zero-order valence-electron chi connectivity index (χ0n) is 10.9. The fourth-order valence-corrected chi connectivity index (χ4v) is 1.68. The van der Waals surface area contributed by atoms with Gasteiger partial charge in [-0.3, -0.25) is 0 Å². The highest BCUT2D eigenvalue weighted by molar-refractivity contribution is 6.32. The average Bonchev–Trinajstić information content (AvgIpc) is 2.34. The molecule has 0 fully saturated rings. The first-order valence-corrected chi connectivity index (χ1v) is 6.69. The molecule has 0 bridgehead atoms. The van der Waals surface area contributed by atoms with Crippen molar-refractivity contribution < 1.29 is 4.74 Å². The zero-order valence-corrected chi connectivity index (χ0v) is 11.7. The van der Waals surface area contributed by atoms with E-state index in [1.165, 1.54) is 5.56 Å². The Bertz CT molecular complexity index is 341. The second-order valence-electron chi connectivity index (χ2n) is 4.30. The maximum absolute atomic E-state index is 6.16. The zero-order chi connectivity index (χ0) is 12.7. The van der Waals surface area contributed by atoms with E-state index in [-0.39, 0.29) is 0 Å². The van der Waals surface area contributed by atoms with Gasteiger partial charge in [0.2, 0.25) is 0 Å². The fraction of sp³-hybridized carbons (Fsp3) is 0.571. The Morgan fingerprint density at radius 3 is 2.71 bits per heavy atom. The minimum atomic E-state index is 0.532. The number of ether oxygens (including phenoxy) is 1. The van der Waals surface area contributed by atoms with E-state index in [1.807, 2.05) is 12.1 Å². The minimum absolute atomic E-state index is 0.532. The Labute approximate surface area is 109 Å². The molecule has 0 amide bonds. The number of hydrogen-bond donors (Lipinski definition) is 1. The number of benzene rings is 1. The quantitative estimate of drug-likeness (QED) is 0.795. The monoisotopic (exact) mass is 255 g/mol. The van der Waals surface area contributed by atoms with Crippen LogP contribution >= 0.6 is 11.6 Å². The molecule has 2 nitrogen and oxygen atoms in total. The van der Waals surface area contributed by atoms with Crippen molar-refractivity contribution in [2.45, 2.75) is 46.2 Å². The van der Waals surface area contributed by atoms with E-state index in [0.717, 1.165) is 25.1 Å². The van der Waals surface area contributed by atoms with Gasteiger partial charge in [-0.05, 0) is 37.5 Å². The van der Waals surface area contributed by atoms with Gasteiger partial charge in [-0.25, -0.2) is 0 Å². The summed E-state index contributed by atoms with van der Waals surface area (Å²) >= 11 is 6.16. The van der Waals surface area contributed by atoms with Crippen LogP contribution in [0.4, 0.5) is 0 Å². The summed E-state index contributed by atoms with van der Waals surface area (Å²) in [4.78, 5) is 0. The van der Waals surface area contributed by atoms with Crippen molar-refractivity contribution in [2.75, 3.05) is 6.61 Å². The van der Waals surface area contributed by atoms with Crippen LogP contribution in [-0.4, -0.2) is 12.6 Å². The smallest absolute Gasteiger partial charge is 0.137 e. The largest absolute Gasteiger partial charge is 0.492 e. The number of hydrogen-bond acceptors (Lipinski definition) is 2. The molecule has 1 atom stereocenters. The van der Waals surface area contributed by atoms with Crippen molar-refractivity contribution in [1.82, 2.24) is 5.32 Å². The molecule has 0 aliphatic rings. The first-order chi connectivity index (χ1) is 8.17. The molecule has 0 saturated heterocycles. The van der Waals surface area contributed by atoms with Crippen LogP contribution in [0.3, 0.4) is 0 Å². The number of halogens is 1. The van der Waals surface area contributed by atoms with Gasteiger partial charge < -0.3 is 10.1 Å². The highest BCUT2D eigenvalue weighted by Crippen LogP contribution is 2.25. The molecule has 1 aromatic carbocycles. The Morgan fingerprint density at radius 1 is 1.35 bits per heavy atom. The summed E-state index contributed by atoms with van der Waals surface area (Å²) in [5.74, 6) is 0.779. The molecule has 0 saturated carbocycles. The van der Waals surface area contributed by atoms with Gasteiger partial charge >= 0.3 is 0 Å². The Kier molecular flexibility index (Phi) is 6.38. The van der Waals surface area contributed by atoms with Gasteiger partial charge in [0.05, 0.1) is 11.6 Å². The summed E-state index contributed by atoms with van der Waals surface area (Å²) in [6.45, 7) is 8.00. The van der Waals surface area contributed by atoms with Crippen molar-refractivity contribution in [3.8, 4) is 5.75 Å². The molecule has 1 N–H and O–H groups in total. The van der Waals surface area contributed by atoms with Gasteiger partial charge in [-0.1, -0.05) is 31.5 Å². The fourth-order valence-electron chi connectivity index (χ4n) is 1.42. The van der Waals surface area contributed by atoms with Crippen molar-refractivity contribution in [1.29, 1.82) is 0 Å². The van der Waals surface area contributed by atoms with Crippen LogP contribution in [0.15, 0.2) is 18.2 Å². The average molecular weight is 256 g/mol. The van der Waals surface area contributed by atoms with Crippen molar-refractivity contribution >= 4 is 11.6 Å². The normalized spacial score (nSPS) is 12.5. The molecule has 17 heavy (non-hydrogen) atoms. The molecule has 0 aliphatic heterocycles. The van der Waals surface area contributed by atoms with Crippen LogP contribution in [0.25, 0.3) is 0 Å². The predicted molar refractivity (Wildman–Crippen MR) is 73.8 cm³/mol. The van der Waals surface area contributed by atoms with Crippen LogP contribution in [0.5, 0.6) is 5.75 Å². The maximum atomic E-state index is 6.16. The first-order valence-electron chi connectivity index (χ1n) is 6.32. The van der Waals surface area contributed by atoms with Crippen LogP contribution in [0.1, 0.15) is 39.2 Å². The van der Waals surface area contributed by atoms with E-state index in [4.69, 9.17) is 16.3 Å². The summed E-state index contributed by atoms with van der Waals surface area (Å²) in [5, 5.41) is 4.14. The molecule has 3 heteroatoms. The van der Waals surface area contributed by atoms with Gasteiger partial charge in [0.1, 0.15) is 5.75 Å². The van der Waals surface area contributed by atoms with Crippen molar-refractivity contribution in [3.05, 3.63) is 28.8 Å². The third-order valence-electron chi connectivity index (χ3n) is 2.73. The molecule has 1 aromatic rings. The summed E-state index contributed by atoms with van der Waals surface area (Å²) < 4.78 is 5.54. The van der Waals surface area contributed by atoms with Crippen LogP contribution in [0, 0.1) is 0 Å². The standard InChI is InChI=1S/C14H22ClNO/c1-4-8-17-14-7-6-12(9-13(14)15)10-16-11(3)5-2/h6-7,9,11,16H,4-5,8,10H2,1-3H3/t11-/m1/s1. The second kappa shape index (κ2) is 7.57. The van der Waals surface area contributed by atoms with Crippen LogP contribution in [-0.2, 0) is 6.54 Å². The van der Waals surface area contributed by atoms with E-state index < -0.39 is 0 Å².